The zero-order chi connectivity index (χ0) is 22.1. The van der Waals surface area contributed by atoms with Gasteiger partial charge in [-0.1, -0.05) is 30.3 Å². The Bertz CT molecular complexity index is 1090. The minimum Gasteiger partial charge on any atom is -0.383 e. The smallest absolute Gasteiger partial charge is 0.253 e. The molecule has 2 aliphatic heterocycles. The quantitative estimate of drug-likeness (QED) is 0.619. The van der Waals surface area contributed by atoms with Crippen LogP contribution in [0.25, 0.3) is 22.4 Å². The van der Waals surface area contributed by atoms with Crippen LogP contribution in [0.15, 0.2) is 42.5 Å². The highest BCUT2D eigenvalue weighted by atomic mass is 16.5. The minimum atomic E-state index is -0.0296. The van der Waals surface area contributed by atoms with Crippen LogP contribution >= 0.6 is 0 Å². The molecule has 0 spiro atoms. The molecule has 5 rings (SSSR count). The van der Waals surface area contributed by atoms with Crippen LogP contribution in [-0.4, -0.2) is 66.4 Å². The summed E-state index contributed by atoms with van der Waals surface area (Å²) in [6.07, 6.45) is 2.28. The Hall–Kier alpha value is -2.74. The molecule has 2 atom stereocenters. The topological polar surface area (TPSA) is 68.6 Å². The lowest BCUT2D eigenvalue weighted by atomic mass is 10.1. The molecule has 0 aliphatic carbocycles. The van der Waals surface area contributed by atoms with Gasteiger partial charge in [0.15, 0.2) is 0 Å². The normalized spacial score (nSPS) is 21.1. The van der Waals surface area contributed by atoms with Crippen molar-refractivity contribution in [3.8, 4) is 11.4 Å². The third kappa shape index (κ3) is 3.81. The molecular formula is C25H30N4O3. The number of ether oxygens (including phenoxy) is 2. The number of nitrogens with zero attached hydrogens (tertiary/aromatic N) is 3. The number of benzene rings is 2. The first-order valence-electron chi connectivity index (χ1n) is 11.3. The zero-order valence-electron chi connectivity index (χ0n) is 18.7. The molecule has 3 aromatic rings. The summed E-state index contributed by atoms with van der Waals surface area (Å²) in [5.74, 6) is 0.879. The number of para-hydroxylation sites is 1. The average molecular weight is 435 g/mol. The van der Waals surface area contributed by atoms with E-state index >= 15 is 0 Å². The van der Waals surface area contributed by atoms with Crippen molar-refractivity contribution in [1.29, 1.82) is 0 Å². The lowest BCUT2D eigenvalue weighted by Crippen LogP contribution is -2.40. The molecular weight excluding hydrogens is 404 g/mol. The summed E-state index contributed by atoms with van der Waals surface area (Å²) in [6.45, 7) is 3.68. The van der Waals surface area contributed by atoms with E-state index in [1.165, 1.54) is 5.56 Å². The number of carbonyl (C=O) groups is 1. The molecule has 2 aromatic carbocycles. The third-order valence-electron chi connectivity index (χ3n) is 6.70. The first kappa shape index (κ1) is 21.1. The Balaban J connectivity index is 1.43. The van der Waals surface area contributed by atoms with E-state index in [1.54, 1.807) is 14.2 Å². The lowest BCUT2D eigenvalue weighted by molar-refractivity contribution is 0.0580. The predicted octanol–water partition coefficient (Wildman–Crippen LogP) is 3.07. The second kappa shape index (κ2) is 9.02. The van der Waals surface area contributed by atoms with E-state index in [2.05, 4.69) is 39.0 Å². The van der Waals surface area contributed by atoms with Crippen LogP contribution in [0.2, 0.25) is 0 Å². The van der Waals surface area contributed by atoms with Gasteiger partial charge in [0, 0.05) is 51.5 Å². The van der Waals surface area contributed by atoms with Crippen molar-refractivity contribution < 1.29 is 14.3 Å². The summed E-state index contributed by atoms with van der Waals surface area (Å²) >= 11 is 0. The first-order valence-corrected chi connectivity index (χ1v) is 11.3. The van der Waals surface area contributed by atoms with E-state index in [0.717, 1.165) is 55.0 Å². The van der Waals surface area contributed by atoms with E-state index in [9.17, 15) is 4.79 Å². The number of likely N-dealkylation sites (tertiary alicyclic amines) is 1. The van der Waals surface area contributed by atoms with Crippen molar-refractivity contribution in [2.75, 3.05) is 34.0 Å². The molecule has 2 aliphatic rings. The molecule has 7 nitrogen and oxygen atoms in total. The molecule has 0 bridgehead atoms. The summed E-state index contributed by atoms with van der Waals surface area (Å²) in [6, 6.07) is 15.3. The van der Waals surface area contributed by atoms with Crippen LogP contribution in [0.1, 0.15) is 28.8 Å². The molecule has 0 radical (unpaired) electrons. The molecule has 32 heavy (non-hydrogen) atoms. The minimum absolute atomic E-state index is 0.0296. The molecule has 168 valence electrons. The Morgan fingerprint density at radius 3 is 2.44 bits per heavy atom. The van der Waals surface area contributed by atoms with E-state index in [1.807, 2.05) is 18.2 Å². The van der Waals surface area contributed by atoms with Crippen LogP contribution < -0.4 is 5.32 Å². The fraction of sp³-hybridized carbons (Fsp3) is 0.440. The van der Waals surface area contributed by atoms with Gasteiger partial charge in [0.1, 0.15) is 5.82 Å². The number of hydrogen-bond acceptors (Lipinski definition) is 5. The van der Waals surface area contributed by atoms with Gasteiger partial charge in [-0.25, -0.2) is 4.98 Å². The van der Waals surface area contributed by atoms with Gasteiger partial charge in [-0.2, -0.15) is 0 Å². The summed E-state index contributed by atoms with van der Waals surface area (Å²) in [4.78, 5) is 19.8. The van der Waals surface area contributed by atoms with Crippen molar-refractivity contribution in [2.24, 2.45) is 0 Å². The van der Waals surface area contributed by atoms with Gasteiger partial charge in [-0.15, -0.1) is 0 Å². The van der Waals surface area contributed by atoms with Gasteiger partial charge in [-0.3, -0.25) is 9.69 Å². The molecule has 0 unspecified atom stereocenters. The Morgan fingerprint density at radius 2 is 1.75 bits per heavy atom. The van der Waals surface area contributed by atoms with Crippen LogP contribution in [0.5, 0.6) is 0 Å². The zero-order valence-corrected chi connectivity index (χ0v) is 18.7. The van der Waals surface area contributed by atoms with E-state index in [0.29, 0.717) is 30.7 Å². The maximum Gasteiger partial charge on any atom is 0.253 e. The van der Waals surface area contributed by atoms with Crippen LogP contribution in [0, 0.1) is 0 Å². The third-order valence-corrected chi connectivity index (χ3v) is 6.70. The maximum absolute atomic E-state index is 12.4. The molecule has 1 saturated heterocycles. The summed E-state index contributed by atoms with van der Waals surface area (Å²) in [7, 11) is 3.54. The summed E-state index contributed by atoms with van der Waals surface area (Å²) < 4.78 is 13.1. The van der Waals surface area contributed by atoms with Crippen LogP contribution in [0.3, 0.4) is 0 Å². The maximum atomic E-state index is 12.4. The number of imidazole rings is 1. The van der Waals surface area contributed by atoms with Gasteiger partial charge in [-0.05, 0) is 30.5 Å². The van der Waals surface area contributed by atoms with Crippen molar-refractivity contribution in [3.05, 3.63) is 53.6 Å². The first-order chi connectivity index (χ1) is 15.7. The largest absolute Gasteiger partial charge is 0.383 e. The standard InChI is InChI=1S/C25H30N4O3/c1-31-15-19-10-11-20(16-32-2)29(19)14-17-6-8-18(9-7-17)24-27-22-5-3-4-21-23(22)28(24)13-12-26-25(21)30/h3-9,19-20H,10-16H2,1-2H3,(H,26,30)/t19-,20-/m0/s1. The van der Waals surface area contributed by atoms with Crippen molar-refractivity contribution in [3.63, 3.8) is 0 Å². The molecule has 0 saturated carbocycles. The number of hydrogen-bond donors (Lipinski definition) is 1. The van der Waals surface area contributed by atoms with Crippen LogP contribution in [-0.2, 0) is 22.6 Å². The Morgan fingerprint density at radius 1 is 1.03 bits per heavy atom. The number of rotatable bonds is 7. The van der Waals surface area contributed by atoms with E-state index in [4.69, 9.17) is 14.5 Å². The van der Waals surface area contributed by atoms with E-state index in [-0.39, 0.29) is 5.91 Å². The average Bonchev–Trinajstić information content (AvgIpc) is 3.30. The summed E-state index contributed by atoms with van der Waals surface area (Å²) in [5, 5.41) is 2.98. The van der Waals surface area contributed by atoms with Crippen molar-refractivity contribution in [1.82, 2.24) is 19.8 Å². The van der Waals surface area contributed by atoms with Gasteiger partial charge in [0.25, 0.3) is 5.91 Å². The number of methoxy groups -OCH3 is 2. The second-order valence-electron chi connectivity index (χ2n) is 8.68. The monoisotopic (exact) mass is 434 g/mol. The van der Waals surface area contributed by atoms with Gasteiger partial charge in [0.05, 0.1) is 29.8 Å². The highest BCUT2D eigenvalue weighted by Gasteiger charge is 2.33. The fourth-order valence-electron chi connectivity index (χ4n) is 5.17. The van der Waals surface area contributed by atoms with Crippen molar-refractivity contribution >= 4 is 16.9 Å². The highest BCUT2D eigenvalue weighted by molar-refractivity contribution is 6.06. The number of aromatic nitrogens is 2. The molecule has 1 aromatic heterocycles. The molecule has 1 amide bonds. The van der Waals surface area contributed by atoms with Gasteiger partial charge >= 0.3 is 0 Å². The number of amides is 1. The SMILES string of the molecule is COC[C@@H]1CC[C@@H](COC)N1Cc1ccc(-c2nc3cccc4c3n2CCNC4=O)cc1. The van der Waals surface area contributed by atoms with Crippen LogP contribution in [0.4, 0.5) is 0 Å². The molecule has 1 N–H and O–H groups in total. The molecule has 1 fully saturated rings. The number of nitrogens with one attached hydrogen (secondary N) is 1. The lowest BCUT2D eigenvalue weighted by Gasteiger charge is -2.29. The van der Waals surface area contributed by atoms with Gasteiger partial charge < -0.3 is 19.4 Å². The summed E-state index contributed by atoms with van der Waals surface area (Å²) in [5.41, 5.74) is 4.80. The Kier molecular flexibility index (Phi) is 5.95. The highest BCUT2D eigenvalue weighted by Crippen LogP contribution is 2.30. The van der Waals surface area contributed by atoms with Gasteiger partial charge in [0.2, 0.25) is 0 Å². The Labute approximate surface area is 188 Å². The predicted molar refractivity (Wildman–Crippen MR) is 124 cm³/mol. The van der Waals surface area contributed by atoms with Crippen molar-refractivity contribution in [2.45, 2.75) is 38.0 Å². The number of carbonyl (C=O) groups excluding carboxylic acids is 1. The van der Waals surface area contributed by atoms with E-state index < -0.39 is 0 Å². The molecule has 7 heteroatoms. The molecule has 3 heterocycles. The fourth-order valence-corrected chi connectivity index (χ4v) is 5.17. The second-order valence-corrected chi connectivity index (χ2v) is 8.68.